The number of benzene rings is 1. The first-order valence-electron chi connectivity index (χ1n) is 7.29. The molecule has 1 aromatic carbocycles. The molecule has 1 aliphatic rings. The van der Waals surface area contributed by atoms with Crippen molar-refractivity contribution in [1.82, 2.24) is 9.62 Å². The predicted molar refractivity (Wildman–Crippen MR) is 93.7 cm³/mol. The lowest BCUT2D eigenvalue weighted by molar-refractivity contribution is 0.0928. The largest absolute Gasteiger partial charge is 0.348 e. The Morgan fingerprint density at radius 2 is 1.96 bits per heavy atom. The number of carbonyl (C=O) groups excluding carboxylic acids is 1. The van der Waals surface area contributed by atoms with Crippen LogP contribution in [-0.4, -0.2) is 44.0 Å². The van der Waals surface area contributed by atoms with Crippen LogP contribution in [0.15, 0.2) is 24.3 Å². The summed E-state index contributed by atoms with van der Waals surface area (Å²) in [7, 11) is -3.15. The maximum absolute atomic E-state index is 12.5. The number of rotatable bonds is 3. The monoisotopic (exact) mass is 372 g/mol. The van der Waals surface area contributed by atoms with Gasteiger partial charge in [-0.1, -0.05) is 29.8 Å². The van der Waals surface area contributed by atoms with Crippen LogP contribution in [0.25, 0.3) is 10.1 Å². The number of amides is 1. The van der Waals surface area contributed by atoms with Gasteiger partial charge < -0.3 is 5.32 Å². The molecule has 1 fully saturated rings. The molecule has 0 bridgehead atoms. The van der Waals surface area contributed by atoms with Crippen molar-refractivity contribution >= 4 is 49.0 Å². The number of halogens is 1. The van der Waals surface area contributed by atoms with Crippen LogP contribution < -0.4 is 5.32 Å². The van der Waals surface area contributed by atoms with Gasteiger partial charge in [0.1, 0.15) is 4.88 Å². The third-order valence-electron chi connectivity index (χ3n) is 4.00. The minimum atomic E-state index is -3.15. The van der Waals surface area contributed by atoms with Crippen molar-refractivity contribution in [2.75, 3.05) is 19.3 Å². The van der Waals surface area contributed by atoms with Crippen molar-refractivity contribution in [1.29, 1.82) is 0 Å². The molecule has 23 heavy (non-hydrogen) atoms. The number of fused-ring (bicyclic) bond motifs is 1. The molecule has 0 atom stereocenters. The average Bonchev–Trinajstić information content (AvgIpc) is 2.85. The highest BCUT2D eigenvalue weighted by Crippen LogP contribution is 2.35. The van der Waals surface area contributed by atoms with E-state index in [1.165, 1.54) is 21.9 Å². The molecule has 0 saturated carbocycles. The molecule has 124 valence electrons. The predicted octanol–water partition coefficient (Wildman–Crippen LogP) is 2.71. The fraction of sp³-hybridized carbons (Fsp3) is 0.400. The van der Waals surface area contributed by atoms with E-state index in [1.54, 1.807) is 0 Å². The minimum Gasteiger partial charge on any atom is -0.348 e. The first-order chi connectivity index (χ1) is 10.9. The van der Waals surface area contributed by atoms with Crippen molar-refractivity contribution in [3.8, 4) is 0 Å². The van der Waals surface area contributed by atoms with Crippen molar-refractivity contribution < 1.29 is 13.2 Å². The van der Waals surface area contributed by atoms with Gasteiger partial charge in [0.05, 0.1) is 11.3 Å². The highest BCUT2D eigenvalue weighted by Gasteiger charge is 2.27. The second-order valence-electron chi connectivity index (χ2n) is 5.65. The normalized spacial score (nSPS) is 17.5. The summed E-state index contributed by atoms with van der Waals surface area (Å²) in [5, 5.41) is 4.34. The highest BCUT2D eigenvalue weighted by molar-refractivity contribution is 7.88. The zero-order valence-corrected chi connectivity index (χ0v) is 15.0. The van der Waals surface area contributed by atoms with E-state index in [0.717, 1.165) is 10.1 Å². The molecule has 1 aliphatic heterocycles. The van der Waals surface area contributed by atoms with Gasteiger partial charge in [0, 0.05) is 29.2 Å². The molecule has 1 aromatic heterocycles. The van der Waals surface area contributed by atoms with Crippen LogP contribution in [0.4, 0.5) is 0 Å². The third-order valence-corrected chi connectivity index (χ3v) is 6.98. The van der Waals surface area contributed by atoms with E-state index in [4.69, 9.17) is 11.6 Å². The summed E-state index contributed by atoms with van der Waals surface area (Å²) >= 11 is 7.69. The fourth-order valence-corrected chi connectivity index (χ4v) is 5.04. The summed E-state index contributed by atoms with van der Waals surface area (Å²) in [6.45, 7) is 0.869. The lowest BCUT2D eigenvalue weighted by Crippen LogP contribution is -2.46. The number of nitrogens with zero attached hydrogens (tertiary/aromatic N) is 1. The number of hydrogen-bond donors (Lipinski definition) is 1. The number of carbonyl (C=O) groups is 1. The lowest BCUT2D eigenvalue weighted by Gasteiger charge is -2.30. The fourth-order valence-electron chi connectivity index (χ4n) is 2.74. The minimum absolute atomic E-state index is 0.0261. The second kappa shape index (κ2) is 6.39. The molecule has 2 heterocycles. The zero-order chi connectivity index (χ0) is 16.6. The molecule has 3 rings (SSSR count). The highest BCUT2D eigenvalue weighted by atomic mass is 35.5. The number of piperidine rings is 1. The molecule has 1 amide bonds. The molecule has 2 aromatic rings. The summed E-state index contributed by atoms with van der Waals surface area (Å²) < 4.78 is 25.4. The molecule has 1 saturated heterocycles. The van der Waals surface area contributed by atoms with Crippen LogP contribution >= 0.6 is 22.9 Å². The van der Waals surface area contributed by atoms with Gasteiger partial charge >= 0.3 is 0 Å². The van der Waals surface area contributed by atoms with E-state index < -0.39 is 10.0 Å². The molecule has 0 unspecified atom stereocenters. The molecule has 8 heteroatoms. The Balaban J connectivity index is 1.69. The van der Waals surface area contributed by atoms with E-state index in [9.17, 15) is 13.2 Å². The van der Waals surface area contributed by atoms with Crippen LogP contribution in [-0.2, 0) is 10.0 Å². The van der Waals surface area contributed by atoms with Crippen molar-refractivity contribution in [3.63, 3.8) is 0 Å². The van der Waals surface area contributed by atoms with Crippen molar-refractivity contribution in [2.45, 2.75) is 18.9 Å². The Morgan fingerprint density at radius 1 is 1.30 bits per heavy atom. The maximum Gasteiger partial charge on any atom is 0.263 e. The summed E-state index contributed by atoms with van der Waals surface area (Å²) in [5.41, 5.74) is 0. The van der Waals surface area contributed by atoms with Gasteiger partial charge in [-0.15, -0.1) is 11.3 Å². The number of nitrogens with one attached hydrogen (secondary N) is 1. The zero-order valence-electron chi connectivity index (χ0n) is 12.6. The topological polar surface area (TPSA) is 66.5 Å². The number of thiophene rings is 1. The van der Waals surface area contributed by atoms with Crippen molar-refractivity contribution in [2.24, 2.45) is 0 Å². The Kier molecular flexibility index (Phi) is 4.64. The van der Waals surface area contributed by atoms with Crippen LogP contribution in [0.1, 0.15) is 22.5 Å². The van der Waals surface area contributed by atoms with Crippen LogP contribution in [0.5, 0.6) is 0 Å². The van der Waals surface area contributed by atoms with Gasteiger partial charge in [0.25, 0.3) is 5.91 Å². The van der Waals surface area contributed by atoms with E-state index in [-0.39, 0.29) is 11.9 Å². The molecule has 0 radical (unpaired) electrons. The maximum atomic E-state index is 12.5. The first kappa shape index (κ1) is 16.7. The van der Waals surface area contributed by atoms with Crippen LogP contribution in [0, 0.1) is 0 Å². The Bertz CT molecular complexity index is 840. The Hall–Kier alpha value is -1.15. The van der Waals surface area contributed by atoms with Crippen LogP contribution in [0.3, 0.4) is 0 Å². The van der Waals surface area contributed by atoms with E-state index in [0.29, 0.717) is 35.8 Å². The van der Waals surface area contributed by atoms with E-state index in [1.807, 2.05) is 24.3 Å². The molecular formula is C15H17ClN2O3S2. The second-order valence-corrected chi connectivity index (χ2v) is 9.06. The van der Waals surface area contributed by atoms with Crippen LogP contribution in [0.2, 0.25) is 5.02 Å². The number of hydrogen-bond acceptors (Lipinski definition) is 4. The van der Waals surface area contributed by atoms with E-state index >= 15 is 0 Å². The summed E-state index contributed by atoms with van der Waals surface area (Å²) in [5.74, 6) is -0.186. The molecule has 5 nitrogen and oxygen atoms in total. The Morgan fingerprint density at radius 3 is 2.57 bits per heavy atom. The quantitative estimate of drug-likeness (QED) is 0.900. The average molecular weight is 373 g/mol. The van der Waals surface area contributed by atoms with Gasteiger partial charge in [-0.2, -0.15) is 0 Å². The van der Waals surface area contributed by atoms with Crippen molar-refractivity contribution in [3.05, 3.63) is 34.2 Å². The SMILES string of the molecule is CS(=O)(=O)N1CCC(NC(=O)c2sc3ccccc3c2Cl)CC1. The smallest absolute Gasteiger partial charge is 0.263 e. The molecule has 1 N–H and O–H groups in total. The summed E-state index contributed by atoms with van der Waals surface area (Å²) in [6.07, 6.45) is 2.44. The summed E-state index contributed by atoms with van der Waals surface area (Å²) in [6, 6.07) is 7.62. The molecular weight excluding hydrogens is 356 g/mol. The molecule has 0 spiro atoms. The van der Waals surface area contributed by atoms with Gasteiger partial charge in [-0.05, 0) is 18.9 Å². The lowest BCUT2D eigenvalue weighted by atomic mass is 10.1. The first-order valence-corrected chi connectivity index (χ1v) is 10.3. The Labute approximate surface area is 144 Å². The van der Waals surface area contributed by atoms with Gasteiger partial charge in [0.2, 0.25) is 10.0 Å². The van der Waals surface area contributed by atoms with Gasteiger partial charge in [0.15, 0.2) is 0 Å². The molecule has 0 aliphatic carbocycles. The standard InChI is InChI=1S/C15H17ClN2O3S2/c1-23(20,21)18-8-6-10(7-9-18)17-15(19)14-13(16)11-4-2-3-5-12(11)22-14/h2-5,10H,6-9H2,1H3,(H,17,19). The number of sulfonamides is 1. The van der Waals surface area contributed by atoms with Gasteiger partial charge in [-0.3, -0.25) is 4.79 Å². The summed E-state index contributed by atoms with van der Waals surface area (Å²) in [4.78, 5) is 13.0. The van der Waals surface area contributed by atoms with E-state index in [2.05, 4.69) is 5.32 Å². The third kappa shape index (κ3) is 3.52. The van der Waals surface area contributed by atoms with Gasteiger partial charge in [-0.25, -0.2) is 12.7 Å².